The smallest absolute Gasteiger partial charge is 0.338 e. The highest BCUT2D eigenvalue weighted by atomic mass is 32.2. The Morgan fingerprint density at radius 1 is 1.06 bits per heavy atom. The molecule has 2 fully saturated rings. The van der Waals surface area contributed by atoms with E-state index in [0.29, 0.717) is 23.0 Å². The van der Waals surface area contributed by atoms with E-state index in [1.54, 1.807) is 19.0 Å². The van der Waals surface area contributed by atoms with E-state index in [9.17, 15) is 22.0 Å². The molecule has 1 saturated heterocycles. The van der Waals surface area contributed by atoms with Crippen molar-refractivity contribution in [1.82, 2.24) is 24.1 Å². The monoisotopic (exact) mass is 526 g/mol. The summed E-state index contributed by atoms with van der Waals surface area (Å²) in [5.74, 6) is -2.20. The highest BCUT2D eigenvalue weighted by Gasteiger charge is 2.43. The molecule has 0 N–H and O–H groups in total. The zero-order valence-corrected chi connectivity index (χ0v) is 21.1. The van der Waals surface area contributed by atoms with Crippen LogP contribution in [-0.4, -0.2) is 55.5 Å². The van der Waals surface area contributed by atoms with Gasteiger partial charge in [-0.2, -0.15) is 23.3 Å². The Labute approximate surface area is 210 Å². The van der Waals surface area contributed by atoms with Gasteiger partial charge in [0.25, 0.3) is 0 Å². The number of fused-ring (bicyclic) bond motifs is 1. The Balaban J connectivity index is 1.55. The molecule has 0 amide bonds. The van der Waals surface area contributed by atoms with Crippen LogP contribution in [0.1, 0.15) is 43.2 Å². The van der Waals surface area contributed by atoms with Gasteiger partial charge in [0.15, 0.2) is 5.65 Å². The molecule has 1 aliphatic carbocycles. The average molecular weight is 527 g/mol. The molecule has 2 aromatic heterocycles. The van der Waals surface area contributed by atoms with Crippen molar-refractivity contribution in [3.8, 4) is 11.3 Å². The van der Waals surface area contributed by atoms with Gasteiger partial charge in [-0.15, -0.1) is 0 Å². The molecule has 1 aromatic carbocycles. The van der Waals surface area contributed by atoms with Crippen molar-refractivity contribution in [2.75, 3.05) is 30.8 Å². The summed E-state index contributed by atoms with van der Waals surface area (Å²) < 4.78 is 73.3. The predicted octanol–water partition coefficient (Wildman–Crippen LogP) is 5.74. The zero-order valence-electron chi connectivity index (χ0n) is 20.3. The minimum absolute atomic E-state index is 0.0502. The van der Waals surface area contributed by atoms with Gasteiger partial charge in [-0.05, 0) is 32.1 Å². The Morgan fingerprint density at radius 2 is 1.78 bits per heavy atom. The molecule has 6 nitrogen and oxygen atoms in total. The van der Waals surface area contributed by atoms with Crippen LogP contribution in [0.4, 0.5) is 27.9 Å². The molecule has 3 heterocycles. The quantitative estimate of drug-likeness (QED) is 0.321. The van der Waals surface area contributed by atoms with E-state index in [1.807, 2.05) is 0 Å². The SMILES string of the molecule is CSN1CCN(c2ncc3c(-c4cc(C(F)(F)F)c(F)c(C)c4F)nn(C)c3n2)CC12CCCCC2. The highest BCUT2D eigenvalue weighted by molar-refractivity contribution is 7.96. The molecule has 1 spiro atoms. The van der Waals surface area contributed by atoms with Crippen LogP contribution in [0.25, 0.3) is 22.3 Å². The molecular formula is C24H27F5N6S. The van der Waals surface area contributed by atoms with Crippen LogP contribution >= 0.6 is 11.9 Å². The van der Waals surface area contributed by atoms with Gasteiger partial charge in [-0.1, -0.05) is 31.2 Å². The van der Waals surface area contributed by atoms with E-state index in [-0.39, 0.29) is 11.2 Å². The molecule has 12 heteroatoms. The van der Waals surface area contributed by atoms with Gasteiger partial charge in [0.2, 0.25) is 5.95 Å². The first-order valence-corrected chi connectivity index (χ1v) is 13.1. The maximum Gasteiger partial charge on any atom is 0.419 e. The third-order valence-electron chi connectivity index (χ3n) is 7.42. The van der Waals surface area contributed by atoms with Gasteiger partial charge in [0.05, 0.1) is 10.9 Å². The maximum absolute atomic E-state index is 15.0. The number of piperazine rings is 1. The van der Waals surface area contributed by atoms with Crippen LogP contribution in [0.2, 0.25) is 0 Å². The third kappa shape index (κ3) is 4.11. The molecule has 0 atom stereocenters. The first-order chi connectivity index (χ1) is 17.1. The first-order valence-electron chi connectivity index (χ1n) is 11.9. The van der Waals surface area contributed by atoms with Crippen LogP contribution in [0.3, 0.4) is 0 Å². The fourth-order valence-electron chi connectivity index (χ4n) is 5.57. The lowest BCUT2D eigenvalue weighted by molar-refractivity contribution is -0.140. The van der Waals surface area contributed by atoms with Crippen LogP contribution in [0.5, 0.6) is 0 Å². The summed E-state index contributed by atoms with van der Waals surface area (Å²) in [5.41, 5.74) is -2.30. The van der Waals surface area contributed by atoms with Crippen molar-refractivity contribution in [2.45, 2.75) is 50.7 Å². The van der Waals surface area contributed by atoms with Gasteiger partial charge in [0.1, 0.15) is 17.3 Å². The summed E-state index contributed by atoms with van der Waals surface area (Å²) in [6, 6.07) is 0.474. The summed E-state index contributed by atoms with van der Waals surface area (Å²) >= 11 is 1.77. The number of rotatable bonds is 3. The third-order valence-corrected chi connectivity index (χ3v) is 8.43. The normalized spacial score (nSPS) is 18.9. The maximum atomic E-state index is 15.0. The molecule has 36 heavy (non-hydrogen) atoms. The van der Waals surface area contributed by atoms with Gasteiger partial charge >= 0.3 is 6.18 Å². The lowest BCUT2D eigenvalue weighted by Crippen LogP contribution is -2.60. The molecule has 194 valence electrons. The van der Waals surface area contributed by atoms with E-state index >= 15 is 0 Å². The van der Waals surface area contributed by atoms with E-state index in [4.69, 9.17) is 0 Å². The number of alkyl halides is 3. The van der Waals surface area contributed by atoms with E-state index in [0.717, 1.165) is 39.4 Å². The Bertz CT molecular complexity index is 1300. The molecule has 5 rings (SSSR count). The lowest BCUT2D eigenvalue weighted by atomic mass is 9.80. The largest absolute Gasteiger partial charge is 0.419 e. The average Bonchev–Trinajstić information content (AvgIpc) is 3.18. The number of aromatic nitrogens is 4. The summed E-state index contributed by atoms with van der Waals surface area (Å²) in [7, 11) is 1.59. The van der Waals surface area contributed by atoms with E-state index in [1.165, 1.54) is 30.1 Å². The Morgan fingerprint density at radius 3 is 2.44 bits per heavy atom. The predicted molar refractivity (Wildman–Crippen MR) is 130 cm³/mol. The zero-order chi connectivity index (χ0) is 25.8. The van der Waals surface area contributed by atoms with Crippen LogP contribution in [-0.2, 0) is 13.2 Å². The van der Waals surface area contributed by atoms with Gasteiger partial charge < -0.3 is 4.90 Å². The van der Waals surface area contributed by atoms with Crippen molar-refractivity contribution < 1.29 is 22.0 Å². The molecule has 0 bridgehead atoms. The van der Waals surface area contributed by atoms with Crippen molar-refractivity contribution in [1.29, 1.82) is 0 Å². The minimum atomic E-state index is -4.97. The standard InChI is InChI=1S/C24H27F5N6S/c1-14-18(25)15(11-17(19(14)26)24(27,28)29)20-16-12-30-22(31-21(16)33(2)32-20)34-9-10-35(36-3)23(13-34)7-5-4-6-8-23/h11-12H,4-10,13H2,1-3H3. The molecule has 0 radical (unpaired) electrons. The second kappa shape index (κ2) is 9.13. The second-order valence-electron chi connectivity index (χ2n) is 9.59. The molecule has 1 saturated carbocycles. The van der Waals surface area contributed by atoms with Crippen molar-refractivity contribution in [3.63, 3.8) is 0 Å². The van der Waals surface area contributed by atoms with Crippen LogP contribution in [0, 0.1) is 18.6 Å². The molecule has 1 aliphatic heterocycles. The highest BCUT2D eigenvalue weighted by Crippen LogP contribution is 2.41. The fourth-order valence-corrected chi connectivity index (χ4v) is 6.46. The Hall–Kier alpha value is -2.47. The number of anilines is 1. The van der Waals surface area contributed by atoms with Gasteiger partial charge in [-0.25, -0.2) is 22.8 Å². The molecule has 2 aliphatic rings. The number of aryl methyl sites for hydroxylation is 1. The summed E-state index contributed by atoms with van der Waals surface area (Å²) in [6.45, 7) is 3.36. The van der Waals surface area contributed by atoms with E-state index < -0.39 is 34.5 Å². The summed E-state index contributed by atoms with van der Waals surface area (Å²) in [4.78, 5) is 11.4. The van der Waals surface area contributed by atoms with Gasteiger partial charge in [-0.3, -0.25) is 0 Å². The summed E-state index contributed by atoms with van der Waals surface area (Å²) in [5, 5.41) is 4.56. The number of hydrogen-bond donors (Lipinski definition) is 0. The number of benzene rings is 1. The lowest BCUT2D eigenvalue weighted by Gasteiger charge is -2.51. The summed E-state index contributed by atoms with van der Waals surface area (Å²) in [6.07, 6.45) is 4.41. The van der Waals surface area contributed by atoms with Crippen LogP contribution < -0.4 is 4.90 Å². The van der Waals surface area contributed by atoms with Crippen molar-refractivity contribution >= 4 is 28.9 Å². The van der Waals surface area contributed by atoms with Crippen LogP contribution in [0.15, 0.2) is 12.3 Å². The Kier molecular flexibility index (Phi) is 6.39. The van der Waals surface area contributed by atoms with Gasteiger partial charge in [0, 0.05) is 49.5 Å². The number of halogens is 5. The van der Waals surface area contributed by atoms with Crippen molar-refractivity contribution in [3.05, 3.63) is 35.0 Å². The number of hydrogen-bond acceptors (Lipinski definition) is 6. The minimum Gasteiger partial charge on any atom is -0.338 e. The molecular weight excluding hydrogens is 499 g/mol. The fraction of sp³-hybridized carbons (Fsp3) is 0.542. The molecule has 0 unspecified atom stereocenters. The second-order valence-corrected chi connectivity index (χ2v) is 10.4. The topological polar surface area (TPSA) is 50.1 Å². The molecule has 3 aromatic rings. The van der Waals surface area contributed by atoms with Crippen molar-refractivity contribution in [2.24, 2.45) is 7.05 Å². The van der Waals surface area contributed by atoms with E-state index in [2.05, 4.69) is 30.5 Å². The number of nitrogens with zero attached hydrogens (tertiary/aromatic N) is 6. The first kappa shape index (κ1) is 25.2.